The summed E-state index contributed by atoms with van der Waals surface area (Å²) in [4.78, 5) is 11.0. The van der Waals surface area contributed by atoms with Crippen molar-refractivity contribution < 1.29 is 0 Å². The number of piperazine rings is 1. The average molecular weight is 330 g/mol. The lowest BCUT2D eigenvalue weighted by Crippen LogP contribution is -2.49. The summed E-state index contributed by atoms with van der Waals surface area (Å²) in [5.74, 6) is 0.912. The molecule has 1 aliphatic rings. The lowest BCUT2D eigenvalue weighted by Gasteiger charge is -2.33. The van der Waals surface area contributed by atoms with E-state index in [4.69, 9.17) is 0 Å². The van der Waals surface area contributed by atoms with E-state index < -0.39 is 0 Å². The second kappa shape index (κ2) is 8.34. The Morgan fingerprint density at radius 1 is 1.33 bits per heavy atom. The quantitative estimate of drug-likeness (QED) is 0.934. The molecule has 0 aromatic carbocycles. The molecule has 0 radical (unpaired) electrons. The van der Waals surface area contributed by atoms with E-state index in [-0.39, 0.29) is 24.8 Å². The van der Waals surface area contributed by atoms with Gasteiger partial charge >= 0.3 is 0 Å². The van der Waals surface area contributed by atoms with Gasteiger partial charge < -0.3 is 5.32 Å². The molecule has 1 fully saturated rings. The predicted molar refractivity (Wildman–Crippen MR) is 88.6 cm³/mol. The Morgan fingerprint density at radius 2 is 2.19 bits per heavy atom. The van der Waals surface area contributed by atoms with Gasteiger partial charge in [0, 0.05) is 50.8 Å². The van der Waals surface area contributed by atoms with Crippen molar-refractivity contribution in [2.75, 3.05) is 19.6 Å². The molecule has 3 rings (SSSR count). The van der Waals surface area contributed by atoms with Gasteiger partial charge in [-0.05, 0) is 18.6 Å². The number of halogens is 2. The van der Waals surface area contributed by atoms with Crippen LogP contribution in [0, 0.1) is 0 Å². The Hall–Kier alpha value is -1.14. The Labute approximate surface area is 137 Å². The minimum Gasteiger partial charge on any atom is -0.314 e. The predicted octanol–water partition coefficient (Wildman–Crippen LogP) is 1.90. The number of pyridine rings is 1. The standard InChI is InChI=1S/C14H19N5.2ClH/c1-12-8-15-4-6-18(12)10-13-2-3-14(17-9-13)19-7-5-16-11-19;;/h2-3,5,7,9,11-12,15H,4,6,8,10H2,1H3;2*1H/t12-;;/m1../s1. The van der Waals surface area contributed by atoms with E-state index in [1.807, 2.05) is 23.0 Å². The summed E-state index contributed by atoms with van der Waals surface area (Å²) in [6.45, 7) is 6.48. The molecule has 0 unspecified atom stereocenters. The highest BCUT2D eigenvalue weighted by Crippen LogP contribution is 2.11. The van der Waals surface area contributed by atoms with Gasteiger partial charge in [0.15, 0.2) is 0 Å². The van der Waals surface area contributed by atoms with Gasteiger partial charge in [-0.2, -0.15) is 0 Å². The fourth-order valence-corrected chi connectivity index (χ4v) is 2.41. The molecule has 0 amide bonds. The Kier molecular flexibility index (Phi) is 7.11. The Bertz CT molecular complexity index is 515. The third kappa shape index (κ3) is 4.41. The van der Waals surface area contributed by atoms with Crippen LogP contribution in [0.4, 0.5) is 0 Å². The highest BCUT2D eigenvalue weighted by molar-refractivity contribution is 5.85. The summed E-state index contributed by atoms with van der Waals surface area (Å²) < 4.78 is 1.91. The van der Waals surface area contributed by atoms with E-state index in [9.17, 15) is 0 Å². The van der Waals surface area contributed by atoms with Crippen molar-refractivity contribution >= 4 is 24.8 Å². The van der Waals surface area contributed by atoms with E-state index in [0.717, 1.165) is 32.0 Å². The van der Waals surface area contributed by atoms with Crippen molar-refractivity contribution in [2.24, 2.45) is 0 Å². The van der Waals surface area contributed by atoms with Crippen LogP contribution in [0.15, 0.2) is 37.1 Å². The molecule has 0 saturated carbocycles. The molecular formula is C14H21Cl2N5. The maximum absolute atomic E-state index is 4.49. The lowest BCUT2D eigenvalue weighted by atomic mass is 10.2. The van der Waals surface area contributed by atoms with Crippen molar-refractivity contribution in [3.05, 3.63) is 42.6 Å². The molecule has 21 heavy (non-hydrogen) atoms. The lowest BCUT2D eigenvalue weighted by molar-refractivity contribution is 0.165. The second-order valence-electron chi connectivity index (χ2n) is 5.02. The van der Waals surface area contributed by atoms with Gasteiger partial charge in [-0.15, -0.1) is 24.8 Å². The summed E-state index contributed by atoms with van der Waals surface area (Å²) >= 11 is 0. The highest BCUT2D eigenvalue weighted by Gasteiger charge is 2.17. The first-order chi connectivity index (χ1) is 9.33. The van der Waals surface area contributed by atoms with Crippen LogP contribution in [0.3, 0.4) is 0 Å². The number of nitrogens with one attached hydrogen (secondary N) is 1. The maximum Gasteiger partial charge on any atom is 0.137 e. The monoisotopic (exact) mass is 329 g/mol. The van der Waals surface area contributed by atoms with Gasteiger partial charge in [0.25, 0.3) is 0 Å². The number of rotatable bonds is 3. The molecule has 7 heteroatoms. The highest BCUT2D eigenvalue weighted by atomic mass is 35.5. The second-order valence-corrected chi connectivity index (χ2v) is 5.02. The van der Waals surface area contributed by atoms with Gasteiger partial charge in [0.2, 0.25) is 0 Å². The minimum atomic E-state index is 0. The first kappa shape index (κ1) is 17.9. The molecular weight excluding hydrogens is 309 g/mol. The van der Waals surface area contributed by atoms with Gasteiger partial charge in [-0.1, -0.05) is 6.07 Å². The zero-order chi connectivity index (χ0) is 13.1. The molecule has 2 aromatic rings. The molecule has 0 spiro atoms. The first-order valence-electron chi connectivity index (χ1n) is 6.71. The van der Waals surface area contributed by atoms with Gasteiger partial charge in [-0.25, -0.2) is 9.97 Å². The smallest absolute Gasteiger partial charge is 0.137 e. The number of hydrogen-bond acceptors (Lipinski definition) is 4. The van der Waals surface area contributed by atoms with Crippen LogP contribution in [-0.4, -0.2) is 45.1 Å². The van der Waals surface area contributed by atoms with Crippen LogP contribution < -0.4 is 5.32 Å². The van der Waals surface area contributed by atoms with E-state index in [2.05, 4.69) is 33.2 Å². The van der Waals surface area contributed by atoms with Crippen LogP contribution >= 0.6 is 24.8 Å². The van der Waals surface area contributed by atoms with Crippen molar-refractivity contribution in [3.8, 4) is 5.82 Å². The molecule has 5 nitrogen and oxygen atoms in total. The zero-order valence-electron chi connectivity index (χ0n) is 12.0. The molecule has 116 valence electrons. The third-order valence-corrected chi connectivity index (χ3v) is 3.60. The molecule has 0 bridgehead atoms. The minimum absolute atomic E-state index is 0. The Morgan fingerprint density at radius 3 is 2.81 bits per heavy atom. The summed E-state index contributed by atoms with van der Waals surface area (Å²) in [6.07, 6.45) is 7.39. The number of imidazole rings is 1. The molecule has 1 N–H and O–H groups in total. The summed E-state index contributed by atoms with van der Waals surface area (Å²) in [5, 5.41) is 3.41. The van der Waals surface area contributed by atoms with E-state index in [1.165, 1.54) is 5.56 Å². The largest absolute Gasteiger partial charge is 0.314 e. The normalized spacial score (nSPS) is 18.6. The van der Waals surface area contributed by atoms with Crippen LogP contribution in [0.5, 0.6) is 0 Å². The maximum atomic E-state index is 4.49. The number of aromatic nitrogens is 3. The van der Waals surface area contributed by atoms with E-state index >= 15 is 0 Å². The van der Waals surface area contributed by atoms with Crippen LogP contribution in [-0.2, 0) is 6.54 Å². The van der Waals surface area contributed by atoms with Crippen molar-refractivity contribution in [3.63, 3.8) is 0 Å². The number of hydrogen-bond donors (Lipinski definition) is 1. The first-order valence-corrected chi connectivity index (χ1v) is 6.71. The molecule has 1 saturated heterocycles. The van der Waals surface area contributed by atoms with Crippen LogP contribution in [0.1, 0.15) is 12.5 Å². The van der Waals surface area contributed by atoms with Crippen LogP contribution in [0.25, 0.3) is 5.82 Å². The molecule has 1 aliphatic heterocycles. The molecule has 2 aromatic heterocycles. The van der Waals surface area contributed by atoms with Crippen LogP contribution in [0.2, 0.25) is 0 Å². The van der Waals surface area contributed by atoms with Gasteiger partial charge in [-0.3, -0.25) is 9.47 Å². The molecule has 3 heterocycles. The third-order valence-electron chi connectivity index (χ3n) is 3.60. The van der Waals surface area contributed by atoms with Crippen molar-refractivity contribution in [1.82, 2.24) is 24.8 Å². The zero-order valence-corrected chi connectivity index (χ0v) is 13.6. The summed E-state index contributed by atoms with van der Waals surface area (Å²) in [7, 11) is 0. The fraction of sp³-hybridized carbons (Fsp3) is 0.429. The SMILES string of the molecule is C[C@@H]1CNCCN1Cc1ccc(-n2ccnc2)nc1.Cl.Cl. The van der Waals surface area contributed by atoms with Crippen molar-refractivity contribution in [2.45, 2.75) is 19.5 Å². The van der Waals surface area contributed by atoms with E-state index in [1.54, 1.807) is 12.5 Å². The summed E-state index contributed by atoms with van der Waals surface area (Å²) in [5.41, 5.74) is 1.26. The van der Waals surface area contributed by atoms with Crippen molar-refractivity contribution in [1.29, 1.82) is 0 Å². The molecule has 0 aliphatic carbocycles. The topological polar surface area (TPSA) is 46.0 Å². The summed E-state index contributed by atoms with van der Waals surface area (Å²) in [6, 6.07) is 4.78. The Balaban J connectivity index is 0.00000110. The number of nitrogens with zero attached hydrogens (tertiary/aromatic N) is 4. The average Bonchev–Trinajstić information content (AvgIpc) is 2.96. The van der Waals surface area contributed by atoms with Gasteiger partial charge in [0.1, 0.15) is 12.1 Å². The van der Waals surface area contributed by atoms with Gasteiger partial charge in [0.05, 0.1) is 0 Å². The van der Waals surface area contributed by atoms with E-state index in [0.29, 0.717) is 6.04 Å². The fourth-order valence-electron chi connectivity index (χ4n) is 2.41. The molecule has 1 atom stereocenters.